The molecule has 20 heavy (non-hydrogen) atoms. The van der Waals surface area contributed by atoms with Crippen LogP contribution in [0.25, 0.3) is 11.3 Å². The Balaban J connectivity index is 2.05. The molecule has 3 N–H and O–H groups in total. The van der Waals surface area contributed by atoms with E-state index in [0.717, 1.165) is 11.3 Å². The Kier molecular flexibility index (Phi) is 4.18. The SMILES string of the molecule is C#CCC(N)C(=O)Nc1ccc(-c2coc(C)n2)cc1. The van der Waals surface area contributed by atoms with Crippen LogP contribution in [0.4, 0.5) is 5.69 Å². The van der Waals surface area contributed by atoms with Gasteiger partial charge in [-0.15, -0.1) is 12.3 Å². The van der Waals surface area contributed by atoms with Gasteiger partial charge in [0.25, 0.3) is 0 Å². The average Bonchev–Trinajstić information content (AvgIpc) is 2.86. The number of aromatic nitrogens is 1. The van der Waals surface area contributed by atoms with Gasteiger partial charge in [-0.1, -0.05) is 12.1 Å². The van der Waals surface area contributed by atoms with Crippen molar-refractivity contribution in [1.29, 1.82) is 0 Å². The standard InChI is InChI=1S/C15H15N3O2/c1-3-4-13(16)15(19)18-12-7-5-11(6-8-12)14-9-20-10(2)17-14/h1,5-9,13H,4,16H2,2H3,(H,18,19). The second-order valence-electron chi connectivity index (χ2n) is 4.33. The molecule has 0 aliphatic carbocycles. The van der Waals surface area contributed by atoms with Crippen molar-refractivity contribution in [3.63, 3.8) is 0 Å². The molecule has 1 heterocycles. The summed E-state index contributed by atoms with van der Waals surface area (Å²) in [5.41, 5.74) is 7.95. The molecule has 5 heteroatoms. The molecule has 1 unspecified atom stereocenters. The van der Waals surface area contributed by atoms with Crippen LogP contribution in [0.3, 0.4) is 0 Å². The molecule has 1 atom stereocenters. The van der Waals surface area contributed by atoms with Gasteiger partial charge in [0.1, 0.15) is 12.0 Å². The van der Waals surface area contributed by atoms with Crippen LogP contribution >= 0.6 is 0 Å². The van der Waals surface area contributed by atoms with Crippen molar-refractivity contribution >= 4 is 11.6 Å². The van der Waals surface area contributed by atoms with E-state index in [2.05, 4.69) is 16.2 Å². The number of nitrogens with zero attached hydrogens (tertiary/aromatic N) is 1. The fraction of sp³-hybridized carbons (Fsp3) is 0.200. The molecule has 0 aliphatic rings. The molecular weight excluding hydrogens is 254 g/mol. The number of benzene rings is 1. The Morgan fingerprint density at radius 2 is 2.20 bits per heavy atom. The van der Waals surface area contributed by atoms with Crippen LogP contribution in [-0.4, -0.2) is 16.9 Å². The molecule has 0 bridgehead atoms. The summed E-state index contributed by atoms with van der Waals surface area (Å²) in [6.07, 6.45) is 6.92. The zero-order valence-corrected chi connectivity index (χ0v) is 11.1. The van der Waals surface area contributed by atoms with Gasteiger partial charge in [0.05, 0.1) is 6.04 Å². The van der Waals surface area contributed by atoms with Crippen molar-refractivity contribution in [3.05, 3.63) is 36.4 Å². The Morgan fingerprint density at radius 1 is 1.50 bits per heavy atom. The molecule has 0 fully saturated rings. The first-order valence-electron chi connectivity index (χ1n) is 6.12. The second-order valence-corrected chi connectivity index (χ2v) is 4.33. The van der Waals surface area contributed by atoms with Gasteiger partial charge in [-0.05, 0) is 12.1 Å². The molecule has 0 saturated heterocycles. The third kappa shape index (κ3) is 3.25. The van der Waals surface area contributed by atoms with Gasteiger partial charge < -0.3 is 15.5 Å². The summed E-state index contributed by atoms with van der Waals surface area (Å²) in [4.78, 5) is 15.9. The fourth-order valence-corrected chi connectivity index (χ4v) is 1.67. The highest BCUT2D eigenvalue weighted by Crippen LogP contribution is 2.20. The normalized spacial score (nSPS) is 11.7. The van der Waals surface area contributed by atoms with Crippen LogP contribution < -0.4 is 11.1 Å². The summed E-state index contributed by atoms with van der Waals surface area (Å²) >= 11 is 0. The Bertz CT molecular complexity index is 638. The molecule has 2 rings (SSSR count). The number of anilines is 1. The number of carbonyl (C=O) groups excluding carboxylic acids is 1. The van der Waals surface area contributed by atoms with E-state index in [1.165, 1.54) is 0 Å². The third-order valence-corrected chi connectivity index (χ3v) is 2.74. The molecule has 0 radical (unpaired) electrons. The van der Waals surface area contributed by atoms with Gasteiger partial charge in [0, 0.05) is 24.6 Å². The van der Waals surface area contributed by atoms with E-state index in [0.29, 0.717) is 11.6 Å². The molecule has 1 amide bonds. The molecule has 0 saturated carbocycles. The maximum atomic E-state index is 11.7. The van der Waals surface area contributed by atoms with Crippen LogP contribution in [0.5, 0.6) is 0 Å². The number of hydrogen-bond acceptors (Lipinski definition) is 4. The van der Waals surface area contributed by atoms with Crippen molar-refractivity contribution in [2.24, 2.45) is 5.73 Å². The Morgan fingerprint density at radius 3 is 2.75 bits per heavy atom. The van der Waals surface area contributed by atoms with Crippen molar-refractivity contribution in [1.82, 2.24) is 4.98 Å². The Hall–Kier alpha value is -2.58. The third-order valence-electron chi connectivity index (χ3n) is 2.74. The van der Waals surface area contributed by atoms with Gasteiger partial charge in [-0.25, -0.2) is 4.98 Å². The van der Waals surface area contributed by atoms with E-state index in [9.17, 15) is 4.79 Å². The minimum absolute atomic E-state index is 0.210. The molecule has 2 aromatic rings. The largest absolute Gasteiger partial charge is 0.449 e. The van der Waals surface area contributed by atoms with Crippen molar-refractivity contribution in [3.8, 4) is 23.6 Å². The van der Waals surface area contributed by atoms with Crippen LogP contribution in [-0.2, 0) is 4.79 Å². The Labute approximate surface area is 117 Å². The average molecular weight is 269 g/mol. The molecular formula is C15H15N3O2. The molecule has 1 aromatic carbocycles. The number of amides is 1. The molecule has 0 spiro atoms. The first-order valence-corrected chi connectivity index (χ1v) is 6.12. The number of hydrogen-bond donors (Lipinski definition) is 2. The van der Waals surface area contributed by atoms with E-state index < -0.39 is 6.04 Å². The molecule has 5 nitrogen and oxygen atoms in total. The number of aryl methyl sites for hydroxylation is 1. The minimum Gasteiger partial charge on any atom is -0.449 e. The van der Waals surface area contributed by atoms with Crippen molar-refractivity contribution in [2.75, 3.05) is 5.32 Å². The van der Waals surface area contributed by atoms with Crippen LogP contribution in [0.2, 0.25) is 0 Å². The number of nitrogens with two attached hydrogens (primary N) is 1. The highest BCUT2D eigenvalue weighted by atomic mass is 16.3. The predicted octanol–water partition coefficient (Wildman–Crippen LogP) is 1.94. The van der Waals surface area contributed by atoms with Gasteiger partial charge in [-0.2, -0.15) is 0 Å². The van der Waals surface area contributed by atoms with Gasteiger partial charge in [0.2, 0.25) is 5.91 Å². The van der Waals surface area contributed by atoms with Crippen molar-refractivity contribution < 1.29 is 9.21 Å². The summed E-state index contributed by atoms with van der Waals surface area (Å²) in [6.45, 7) is 1.78. The van der Waals surface area contributed by atoms with Gasteiger partial charge in [-0.3, -0.25) is 4.79 Å². The summed E-state index contributed by atoms with van der Waals surface area (Å²) in [6, 6.07) is 6.55. The first kappa shape index (κ1) is 13.8. The monoisotopic (exact) mass is 269 g/mol. The lowest BCUT2D eigenvalue weighted by molar-refractivity contribution is -0.117. The number of terminal acetylenes is 1. The lowest BCUT2D eigenvalue weighted by atomic mass is 10.1. The van der Waals surface area contributed by atoms with E-state index in [-0.39, 0.29) is 12.3 Å². The summed E-state index contributed by atoms with van der Waals surface area (Å²) in [5.74, 6) is 2.67. The topological polar surface area (TPSA) is 81.2 Å². The van der Waals surface area contributed by atoms with E-state index >= 15 is 0 Å². The molecule has 0 aliphatic heterocycles. The van der Waals surface area contributed by atoms with Gasteiger partial charge >= 0.3 is 0 Å². The number of oxazole rings is 1. The highest BCUT2D eigenvalue weighted by molar-refractivity contribution is 5.95. The zero-order chi connectivity index (χ0) is 14.5. The van der Waals surface area contributed by atoms with Crippen LogP contribution in [0.15, 0.2) is 34.9 Å². The molecule has 1 aromatic heterocycles. The quantitative estimate of drug-likeness (QED) is 0.831. The minimum atomic E-state index is -0.696. The summed E-state index contributed by atoms with van der Waals surface area (Å²) in [5, 5.41) is 2.71. The second kappa shape index (κ2) is 6.04. The predicted molar refractivity (Wildman–Crippen MR) is 76.7 cm³/mol. The lowest BCUT2D eigenvalue weighted by Gasteiger charge is -2.09. The van der Waals surface area contributed by atoms with Crippen LogP contribution in [0.1, 0.15) is 12.3 Å². The fourth-order valence-electron chi connectivity index (χ4n) is 1.67. The van der Waals surface area contributed by atoms with E-state index in [1.54, 1.807) is 25.3 Å². The smallest absolute Gasteiger partial charge is 0.242 e. The number of nitrogens with one attached hydrogen (secondary N) is 1. The maximum absolute atomic E-state index is 11.7. The number of carbonyl (C=O) groups is 1. The van der Waals surface area contributed by atoms with E-state index in [4.69, 9.17) is 16.6 Å². The first-order chi connectivity index (χ1) is 9.60. The van der Waals surface area contributed by atoms with Gasteiger partial charge in [0.15, 0.2) is 5.89 Å². The highest BCUT2D eigenvalue weighted by Gasteiger charge is 2.12. The zero-order valence-electron chi connectivity index (χ0n) is 11.1. The van der Waals surface area contributed by atoms with Crippen molar-refractivity contribution in [2.45, 2.75) is 19.4 Å². The number of rotatable bonds is 4. The maximum Gasteiger partial charge on any atom is 0.242 e. The molecule has 102 valence electrons. The van der Waals surface area contributed by atoms with Crippen LogP contribution in [0, 0.1) is 19.3 Å². The van der Waals surface area contributed by atoms with E-state index in [1.807, 2.05) is 12.1 Å². The lowest BCUT2D eigenvalue weighted by Crippen LogP contribution is -2.35. The summed E-state index contributed by atoms with van der Waals surface area (Å²) in [7, 11) is 0. The summed E-state index contributed by atoms with van der Waals surface area (Å²) < 4.78 is 5.16.